The molecule has 1 atom stereocenters. The van der Waals surface area contributed by atoms with Crippen molar-refractivity contribution in [2.45, 2.75) is 25.8 Å². The highest BCUT2D eigenvalue weighted by Crippen LogP contribution is 2.32. The molecular formula is C24H28N4O5S. The summed E-state index contributed by atoms with van der Waals surface area (Å²) < 4.78 is 34.7. The number of hydrogen-bond acceptors (Lipinski definition) is 9. The van der Waals surface area contributed by atoms with Gasteiger partial charge >= 0.3 is 5.63 Å². The smallest absolute Gasteiger partial charge is 0.347 e. The van der Waals surface area contributed by atoms with Crippen LogP contribution in [-0.4, -0.2) is 74.1 Å². The molecular weight excluding hydrogens is 456 g/mol. The van der Waals surface area contributed by atoms with E-state index in [0.717, 1.165) is 25.1 Å². The Morgan fingerprint density at radius 1 is 1.21 bits per heavy atom. The number of pyridine rings is 1. The average molecular weight is 485 g/mol. The highest BCUT2D eigenvalue weighted by Gasteiger charge is 2.33. The lowest BCUT2D eigenvalue weighted by Gasteiger charge is -2.32. The third kappa shape index (κ3) is 4.27. The summed E-state index contributed by atoms with van der Waals surface area (Å²) >= 11 is 0. The van der Waals surface area contributed by atoms with E-state index in [2.05, 4.69) is 19.8 Å². The van der Waals surface area contributed by atoms with Gasteiger partial charge in [0.15, 0.2) is 9.84 Å². The Balaban J connectivity index is 1.47. The van der Waals surface area contributed by atoms with Crippen LogP contribution in [0.1, 0.15) is 18.9 Å². The Labute approximate surface area is 198 Å². The Kier molecular flexibility index (Phi) is 6.03. The summed E-state index contributed by atoms with van der Waals surface area (Å²) in [4.78, 5) is 26.7. The Bertz CT molecular complexity index is 1370. The molecule has 5 rings (SSSR count). The van der Waals surface area contributed by atoms with Crippen molar-refractivity contribution in [3.8, 4) is 17.2 Å². The fraction of sp³-hybridized carbons (Fsp3) is 0.458. The van der Waals surface area contributed by atoms with Crippen LogP contribution in [0.15, 0.2) is 39.7 Å². The molecule has 2 aliphatic rings. The van der Waals surface area contributed by atoms with Gasteiger partial charge in [-0.05, 0) is 36.6 Å². The van der Waals surface area contributed by atoms with Crippen LogP contribution in [-0.2, 0) is 16.3 Å². The van der Waals surface area contributed by atoms with Crippen LogP contribution in [0.2, 0.25) is 0 Å². The molecule has 9 nitrogen and oxygen atoms in total. The number of benzene rings is 1. The summed E-state index contributed by atoms with van der Waals surface area (Å²) in [5, 5.41) is 0.471. The van der Waals surface area contributed by atoms with E-state index in [4.69, 9.17) is 9.15 Å². The van der Waals surface area contributed by atoms with Crippen molar-refractivity contribution in [2.24, 2.45) is 0 Å². The van der Waals surface area contributed by atoms with Gasteiger partial charge in [-0.1, -0.05) is 6.92 Å². The van der Waals surface area contributed by atoms with E-state index < -0.39 is 15.5 Å². The number of sulfone groups is 1. The zero-order chi connectivity index (χ0) is 23.9. The minimum atomic E-state index is -2.91. The maximum absolute atomic E-state index is 13.0. The third-order valence-corrected chi connectivity index (χ3v) is 8.39. The van der Waals surface area contributed by atoms with Gasteiger partial charge in [-0.2, -0.15) is 0 Å². The molecule has 34 heavy (non-hydrogen) atoms. The summed E-state index contributed by atoms with van der Waals surface area (Å²) in [6, 6.07) is 7.52. The highest BCUT2D eigenvalue weighted by atomic mass is 32.2. The van der Waals surface area contributed by atoms with E-state index in [9.17, 15) is 13.2 Å². The number of aryl methyl sites for hydroxylation is 1. The Morgan fingerprint density at radius 3 is 2.74 bits per heavy atom. The van der Waals surface area contributed by atoms with Crippen LogP contribution in [0.4, 0.5) is 5.82 Å². The predicted octanol–water partition coefficient (Wildman–Crippen LogP) is 2.13. The van der Waals surface area contributed by atoms with Crippen molar-refractivity contribution in [1.82, 2.24) is 14.9 Å². The lowest BCUT2D eigenvalue weighted by Crippen LogP contribution is -2.47. The van der Waals surface area contributed by atoms with E-state index in [-0.39, 0.29) is 23.4 Å². The van der Waals surface area contributed by atoms with Gasteiger partial charge in [0, 0.05) is 44.5 Å². The van der Waals surface area contributed by atoms with Gasteiger partial charge in [0.1, 0.15) is 11.6 Å². The van der Waals surface area contributed by atoms with Gasteiger partial charge in [-0.15, -0.1) is 0 Å². The van der Waals surface area contributed by atoms with Crippen molar-refractivity contribution in [3.05, 3.63) is 46.4 Å². The van der Waals surface area contributed by atoms with E-state index in [1.807, 2.05) is 19.1 Å². The number of ether oxygens (including phenoxy) is 1. The van der Waals surface area contributed by atoms with Gasteiger partial charge in [-0.3, -0.25) is 4.90 Å². The molecule has 0 saturated carbocycles. The topological polar surface area (TPSA) is 106 Å². The Hall–Kier alpha value is -2.98. The largest absolute Gasteiger partial charge is 0.497 e. The van der Waals surface area contributed by atoms with Crippen LogP contribution in [0, 0.1) is 0 Å². The van der Waals surface area contributed by atoms with Gasteiger partial charge in [0.05, 0.1) is 35.1 Å². The molecule has 2 saturated heterocycles. The summed E-state index contributed by atoms with van der Waals surface area (Å²) in [6.07, 6.45) is 3.30. The summed E-state index contributed by atoms with van der Waals surface area (Å²) in [6.45, 7) is 4.62. The maximum atomic E-state index is 13.0. The molecule has 0 aliphatic carbocycles. The fourth-order valence-electron chi connectivity index (χ4n) is 4.90. The van der Waals surface area contributed by atoms with Crippen molar-refractivity contribution in [3.63, 3.8) is 0 Å². The SMILES string of the molecule is CCc1cc(OC)cc2nc(-c3cccnc3N3CCC(N4CCS(=O)(=O)CC4)C3)oc(=O)c12. The monoisotopic (exact) mass is 484 g/mol. The lowest BCUT2D eigenvalue weighted by atomic mass is 10.1. The molecule has 180 valence electrons. The number of rotatable bonds is 5. The highest BCUT2D eigenvalue weighted by molar-refractivity contribution is 7.91. The molecule has 1 unspecified atom stereocenters. The molecule has 2 aromatic heterocycles. The zero-order valence-electron chi connectivity index (χ0n) is 19.4. The van der Waals surface area contributed by atoms with Crippen molar-refractivity contribution < 1.29 is 17.6 Å². The molecule has 0 spiro atoms. The van der Waals surface area contributed by atoms with Gasteiger partial charge < -0.3 is 14.1 Å². The standard InChI is InChI=1S/C24H28N4O5S/c1-3-16-13-18(32-2)14-20-21(16)24(29)33-23(26-20)19-5-4-7-25-22(19)28-8-6-17(15-28)27-9-11-34(30,31)12-10-27/h4-5,7,13-14,17H,3,6,8-12,15H2,1-2H3. The van der Waals surface area contributed by atoms with Crippen LogP contribution in [0.3, 0.4) is 0 Å². The van der Waals surface area contributed by atoms with Crippen LogP contribution in [0.5, 0.6) is 5.75 Å². The number of fused-ring (bicyclic) bond motifs is 1. The van der Waals surface area contributed by atoms with E-state index in [1.165, 1.54) is 0 Å². The second-order valence-corrected chi connectivity index (χ2v) is 11.1. The van der Waals surface area contributed by atoms with E-state index in [0.29, 0.717) is 47.5 Å². The normalized spacial score (nSPS) is 20.6. The lowest BCUT2D eigenvalue weighted by molar-refractivity contribution is 0.227. The number of methoxy groups -OCH3 is 1. The van der Waals surface area contributed by atoms with Crippen LogP contribution >= 0.6 is 0 Å². The number of aromatic nitrogens is 2. The second-order valence-electron chi connectivity index (χ2n) is 8.79. The first-order chi connectivity index (χ1) is 16.4. The van der Waals surface area contributed by atoms with E-state index in [1.54, 1.807) is 25.4 Å². The number of anilines is 1. The molecule has 2 aliphatic heterocycles. The second kappa shape index (κ2) is 8.99. The minimum Gasteiger partial charge on any atom is -0.497 e. The number of hydrogen-bond donors (Lipinski definition) is 0. The minimum absolute atomic E-state index is 0.216. The molecule has 3 aromatic rings. The van der Waals surface area contributed by atoms with Crippen LogP contribution < -0.4 is 15.3 Å². The maximum Gasteiger partial charge on any atom is 0.347 e. The summed E-state index contributed by atoms with van der Waals surface area (Å²) in [5.74, 6) is 2.01. The third-order valence-electron chi connectivity index (χ3n) is 6.78. The Morgan fingerprint density at radius 2 is 2.00 bits per heavy atom. The molecule has 0 radical (unpaired) electrons. The van der Waals surface area contributed by atoms with Crippen molar-refractivity contribution in [1.29, 1.82) is 0 Å². The average Bonchev–Trinajstić information content (AvgIpc) is 3.33. The van der Waals surface area contributed by atoms with Gasteiger partial charge in [0.25, 0.3) is 0 Å². The molecule has 4 heterocycles. The first-order valence-electron chi connectivity index (χ1n) is 11.5. The quantitative estimate of drug-likeness (QED) is 0.538. The van der Waals surface area contributed by atoms with Crippen LogP contribution in [0.25, 0.3) is 22.4 Å². The molecule has 10 heteroatoms. The summed E-state index contributed by atoms with van der Waals surface area (Å²) in [5.41, 5.74) is 1.60. The summed E-state index contributed by atoms with van der Waals surface area (Å²) in [7, 11) is -1.32. The zero-order valence-corrected chi connectivity index (χ0v) is 20.2. The van der Waals surface area contributed by atoms with E-state index >= 15 is 0 Å². The fourth-order valence-corrected chi connectivity index (χ4v) is 6.13. The van der Waals surface area contributed by atoms with Gasteiger partial charge in [0.2, 0.25) is 5.89 Å². The molecule has 0 N–H and O–H groups in total. The van der Waals surface area contributed by atoms with Gasteiger partial charge in [-0.25, -0.2) is 23.2 Å². The van der Waals surface area contributed by atoms with Crippen molar-refractivity contribution >= 4 is 26.6 Å². The first-order valence-corrected chi connectivity index (χ1v) is 13.4. The number of nitrogens with zero attached hydrogens (tertiary/aromatic N) is 4. The first kappa shape index (κ1) is 22.8. The molecule has 2 fully saturated rings. The molecule has 1 aromatic carbocycles. The predicted molar refractivity (Wildman–Crippen MR) is 130 cm³/mol. The molecule has 0 amide bonds. The van der Waals surface area contributed by atoms with Crippen molar-refractivity contribution in [2.75, 3.05) is 49.7 Å². The molecule has 0 bridgehead atoms.